The quantitative estimate of drug-likeness (QED) is 0.873. The van der Waals surface area contributed by atoms with Crippen LogP contribution in [0.1, 0.15) is 30.0 Å². The van der Waals surface area contributed by atoms with E-state index in [2.05, 4.69) is 65.6 Å². The third kappa shape index (κ3) is 3.44. The van der Waals surface area contributed by atoms with E-state index >= 15 is 0 Å². The number of anilines is 3. The molecule has 1 aromatic carbocycles. The molecule has 0 aliphatic carbocycles. The van der Waals surface area contributed by atoms with Crippen molar-refractivity contribution in [2.45, 2.75) is 34.1 Å². The molecule has 5 nitrogen and oxygen atoms in total. The number of hydrogen-bond acceptors (Lipinski definition) is 5. The zero-order valence-electron chi connectivity index (χ0n) is 12.5. The highest BCUT2D eigenvalue weighted by Crippen LogP contribution is 2.24. The minimum absolute atomic E-state index is 0.555. The summed E-state index contributed by atoms with van der Waals surface area (Å²) in [5.74, 6) is 1.26. The number of aryl methyl sites for hydroxylation is 3. The van der Waals surface area contributed by atoms with Gasteiger partial charge >= 0.3 is 0 Å². The molecule has 0 radical (unpaired) electrons. The van der Waals surface area contributed by atoms with E-state index in [4.69, 9.17) is 0 Å². The molecule has 0 unspecified atom stereocenters. The van der Waals surface area contributed by atoms with Crippen LogP contribution in [-0.4, -0.2) is 21.7 Å². The number of benzene rings is 1. The van der Waals surface area contributed by atoms with Crippen molar-refractivity contribution in [2.24, 2.45) is 0 Å². The normalized spacial score (nSPS) is 10.4. The highest BCUT2D eigenvalue weighted by atomic mass is 15.3. The molecule has 2 aromatic rings. The molecule has 5 heteroatoms. The number of aromatic nitrogens is 3. The first-order valence-corrected chi connectivity index (χ1v) is 6.88. The molecule has 2 N–H and O–H groups in total. The van der Waals surface area contributed by atoms with Crippen LogP contribution >= 0.6 is 0 Å². The van der Waals surface area contributed by atoms with E-state index in [1.54, 1.807) is 6.20 Å². The number of nitrogens with one attached hydrogen (secondary N) is 2. The summed E-state index contributed by atoms with van der Waals surface area (Å²) >= 11 is 0. The van der Waals surface area contributed by atoms with E-state index in [0.29, 0.717) is 11.8 Å². The number of nitrogens with zero attached hydrogens (tertiary/aromatic N) is 3. The van der Waals surface area contributed by atoms with Crippen LogP contribution in [0.5, 0.6) is 0 Å². The molecule has 0 saturated heterocycles. The Morgan fingerprint density at radius 2 is 1.80 bits per heavy atom. The monoisotopic (exact) mass is 271 g/mol. The molecule has 0 bridgehead atoms. The fourth-order valence-corrected chi connectivity index (χ4v) is 2.18. The highest BCUT2D eigenvalue weighted by Gasteiger charge is 2.06. The van der Waals surface area contributed by atoms with Crippen LogP contribution in [0.25, 0.3) is 0 Å². The van der Waals surface area contributed by atoms with Crippen molar-refractivity contribution in [1.82, 2.24) is 15.2 Å². The van der Waals surface area contributed by atoms with Crippen LogP contribution in [0.15, 0.2) is 18.3 Å². The van der Waals surface area contributed by atoms with Gasteiger partial charge in [-0.2, -0.15) is 10.1 Å². The largest absolute Gasteiger partial charge is 0.353 e. The van der Waals surface area contributed by atoms with Gasteiger partial charge in [0.05, 0.1) is 6.20 Å². The van der Waals surface area contributed by atoms with Crippen molar-refractivity contribution in [1.29, 1.82) is 0 Å². The van der Waals surface area contributed by atoms with Gasteiger partial charge < -0.3 is 10.6 Å². The molecule has 0 saturated carbocycles. The lowest BCUT2D eigenvalue weighted by Gasteiger charge is -2.13. The smallest absolute Gasteiger partial charge is 0.244 e. The van der Waals surface area contributed by atoms with Crippen molar-refractivity contribution in [2.75, 3.05) is 17.2 Å². The van der Waals surface area contributed by atoms with Gasteiger partial charge in [0.2, 0.25) is 5.95 Å². The Morgan fingerprint density at radius 1 is 1.10 bits per heavy atom. The van der Waals surface area contributed by atoms with Crippen LogP contribution < -0.4 is 10.6 Å². The first kappa shape index (κ1) is 14.2. The minimum Gasteiger partial charge on any atom is -0.353 e. The highest BCUT2D eigenvalue weighted by molar-refractivity contribution is 5.65. The Hall–Kier alpha value is -2.17. The maximum Gasteiger partial charge on any atom is 0.244 e. The molecule has 2 rings (SSSR count). The lowest BCUT2D eigenvalue weighted by Crippen LogP contribution is -2.07. The summed E-state index contributed by atoms with van der Waals surface area (Å²) in [6, 6.07) is 4.31. The molecule has 0 amide bonds. The maximum absolute atomic E-state index is 4.41. The summed E-state index contributed by atoms with van der Waals surface area (Å²) in [4.78, 5) is 4.41. The van der Waals surface area contributed by atoms with Crippen molar-refractivity contribution in [3.63, 3.8) is 0 Å². The lowest BCUT2D eigenvalue weighted by molar-refractivity contribution is 0.913. The Balaban J connectivity index is 2.22. The molecule has 20 heavy (non-hydrogen) atoms. The molecule has 106 valence electrons. The summed E-state index contributed by atoms with van der Waals surface area (Å²) in [7, 11) is 0. The van der Waals surface area contributed by atoms with E-state index in [9.17, 15) is 0 Å². The second-order valence-electron chi connectivity index (χ2n) is 4.99. The van der Waals surface area contributed by atoms with Crippen LogP contribution in [-0.2, 0) is 0 Å². The molecule has 1 heterocycles. The third-order valence-electron chi connectivity index (χ3n) is 3.02. The second-order valence-corrected chi connectivity index (χ2v) is 4.99. The zero-order valence-corrected chi connectivity index (χ0v) is 12.5. The van der Waals surface area contributed by atoms with Gasteiger partial charge in [0, 0.05) is 12.2 Å². The van der Waals surface area contributed by atoms with Gasteiger partial charge in [-0.05, 0) is 38.3 Å². The first-order valence-electron chi connectivity index (χ1n) is 6.88. The number of hydrogen-bond donors (Lipinski definition) is 2. The fourth-order valence-electron chi connectivity index (χ4n) is 2.18. The minimum atomic E-state index is 0.555. The van der Waals surface area contributed by atoms with Gasteiger partial charge in [0.1, 0.15) is 0 Å². The van der Waals surface area contributed by atoms with Gasteiger partial charge in [-0.1, -0.05) is 24.6 Å². The predicted octanol–water partition coefficient (Wildman–Crippen LogP) is 3.36. The van der Waals surface area contributed by atoms with Crippen molar-refractivity contribution >= 4 is 17.5 Å². The molecule has 0 aliphatic rings. The van der Waals surface area contributed by atoms with Crippen molar-refractivity contribution < 1.29 is 0 Å². The Morgan fingerprint density at radius 3 is 2.45 bits per heavy atom. The standard InChI is InChI=1S/C15H21N5/c1-5-6-16-15-19-13(9-17-20-15)18-14-11(3)7-10(2)8-12(14)4/h7-9H,5-6H2,1-4H3,(H2,16,18,19,20). The average Bonchev–Trinajstić information content (AvgIpc) is 2.41. The van der Waals surface area contributed by atoms with Gasteiger partial charge in [-0.3, -0.25) is 0 Å². The molecule has 0 fully saturated rings. The first-order chi connectivity index (χ1) is 9.60. The van der Waals surface area contributed by atoms with Gasteiger partial charge in [0.25, 0.3) is 0 Å². The van der Waals surface area contributed by atoms with Crippen molar-refractivity contribution in [3.05, 3.63) is 35.0 Å². The Labute approximate surface area is 119 Å². The van der Waals surface area contributed by atoms with Gasteiger partial charge in [-0.15, -0.1) is 5.10 Å². The maximum atomic E-state index is 4.41. The summed E-state index contributed by atoms with van der Waals surface area (Å²) in [5, 5.41) is 14.4. The predicted molar refractivity (Wildman–Crippen MR) is 82.5 cm³/mol. The summed E-state index contributed by atoms with van der Waals surface area (Å²) in [6.45, 7) is 9.22. The Bertz CT molecular complexity index is 572. The lowest BCUT2D eigenvalue weighted by atomic mass is 10.1. The average molecular weight is 271 g/mol. The molecule has 0 aliphatic heterocycles. The number of rotatable bonds is 5. The van der Waals surface area contributed by atoms with E-state index in [-0.39, 0.29) is 0 Å². The molecule has 0 atom stereocenters. The van der Waals surface area contributed by atoms with Gasteiger partial charge in [-0.25, -0.2) is 0 Å². The molecular weight excluding hydrogens is 250 g/mol. The molecular formula is C15H21N5. The third-order valence-corrected chi connectivity index (χ3v) is 3.02. The van der Waals surface area contributed by atoms with E-state index in [1.165, 1.54) is 16.7 Å². The van der Waals surface area contributed by atoms with Crippen LogP contribution in [0.4, 0.5) is 17.5 Å². The van der Waals surface area contributed by atoms with E-state index in [0.717, 1.165) is 18.7 Å². The fraction of sp³-hybridized carbons (Fsp3) is 0.400. The topological polar surface area (TPSA) is 62.7 Å². The van der Waals surface area contributed by atoms with Gasteiger partial charge in [0.15, 0.2) is 5.82 Å². The van der Waals surface area contributed by atoms with Crippen LogP contribution in [0.3, 0.4) is 0 Å². The summed E-state index contributed by atoms with van der Waals surface area (Å²) in [5.41, 5.74) is 4.74. The SMILES string of the molecule is CCCNc1nncc(Nc2c(C)cc(C)cc2C)n1. The summed E-state index contributed by atoms with van der Waals surface area (Å²) < 4.78 is 0. The summed E-state index contributed by atoms with van der Waals surface area (Å²) in [6.07, 6.45) is 2.66. The zero-order chi connectivity index (χ0) is 14.5. The van der Waals surface area contributed by atoms with E-state index in [1.807, 2.05) is 0 Å². The Kier molecular flexibility index (Phi) is 4.50. The molecule has 0 spiro atoms. The van der Waals surface area contributed by atoms with Crippen molar-refractivity contribution in [3.8, 4) is 0 Å². The van der Waals surface area contributed by atoms with Crippen LogP contribution in [0, 0.1) is 20.8 Å². The van der Waals surface area contributed by atoms with Crippen LogP contribution in [0.2, 0.25) is 0 Å². The van der Waals surface area contributed by atoms with E-state index < -0.39 is 0 Å². The molecule has 1 aromatic heterocycles. The second kappa shape index (κ2) is 6.32.